The summed E-state index contributed by atoms with van der Waals surface area (Å²) in [6.07, 6.45) is 1.67. The first kappa shape index (κ1) is 12.8. The van der Waals surface area contributed by atoms with Crippen molar-refractivity contribution in [2.24, 2.45) is 0 Å². The lowest BCUT2D eigenvalue weighted by Gasteiger charge is -2.12. The second-order valence-corrected chi connectivity index (χ2v) is 4.57. The summed E-state index contributed by atoms with van der Waals surface area (Å²) in [6.45, 7) is 0.569. The largest absolute Gasteiger partial charge is 0.493 e. The van der Waals surface area contributed by atoms with Crippen molar-refractivity contribution < 1.29 is 9.47 Å². The van der Waals surface area contributed by atoms with Crippen molar-refractivity contribution in [3.63, 3.8) is 0 Å². The van der Waals surface area contributed by atoms with E-state index < -0.39 is 0 Å². The highest BCUT2D eigenvalue weighted by Crippen LogP contribution is 2.33. The van der Waals surface area contributed by atoms with E-state index in [-0.39, 0.29) is 0 Å². The molecule has 1 aromatic heterocycles. The molecule has 0 unspecified atom stereocenters. The molecule has 0 aliphatic carbocycles. The van der Waals surface area contributed by atoms with Gasteiger partial charge in [-0.3, -0.25) is 0 Å². The van der Waals surface area contributed by atoms with Gasteiger partial charge >= 0.3 is 0 Å². The van der Waals surface area contributed by atoms with Crippen LogP contribution in [0, 0.1) is 0 Å². The van der Waals surface area contributed by atoms with Gasteiger partial charge in [-0.25, -0.2) is 4.68 Å². The summed E-state index contributed by atoms with van der Waals surface area (Å²) in [5.41, 5.74) is 6.81. The summed E-state index contributed by atoms with van der Waals surface area (Å²) in [4.78, 5) is 0. The number of methoxy groups -OCH3 is 2. The Bertz CT molecular complexity index is 554. The second kappa shape index (κ2) is 5.30. The minimum atomic E-state index is 0.569. The van der Waals surface area contributed by atoms with Gasteiger partial charge in [0.05, 0.1) is 27.0 Å². The number of nitrogens with two attached hydrogens (primary N) is 1. The average molecular weight is 312 g/mol. The molecule has 2 aromatic rings. The third-order valence-electron chi connectivity index (χ3n) is 2.62. The second-order valence-electron chi connectivity index (χ2n) is 3.71. The standard InChI is InChI=1S/C12H14BrN3O2/c1-17-10-5-8(9(13)6-11(10)18-2)7-16-12(14)3-4-15-16/h3-6H,7,14H2,1-2H3. The highest BCUT2D eigenvalue weighted by atomic mass is 79.9. The molecule has 0 saturated heterocycles. The van der Waals surface area contributed by atoms with Crippen LogP contribution in [0.2, 0.25) is 0 Å². The van der Waals surface area contributed by atoms with E-state index in [1.165, 1.54) is 0 Å². The van der Waals surface area contributed by atoms with Crippen LogP contribution in [0.4, 0.5) is 5.82 Å². The Morgan fingerprint density at radius 1 is 1.28 bits per heavy atom. The molecule has 1 aromatic carbocycles. The van der Waals surface area contributed by atoms with Crippen molar-refractivity contribution in [3.8, 4) is 11.5 Å². The Hall–Kier alpha value is -1.69. The predicted octanol–water partition coefficient (Wildman–Crippen LogP) is 2.29. The third-order valence-corrected chi connectivity index (χ3v) is 3.36. The number of benzene rings is 1. The van der Waals surface area contributed by atoms with E-state index in [1.54, 1.807) is 31.2 Å². The Morgan fingerprint density at radius 3 is 2.50 bits per heavy atom. The van der Waals surface area contributed by atoms with Crippen LogP contribution in [-0.2, 0) is 6.54 Å². The summed E-state index contributed by atoms with van der Waals surface area (Å²) in [5.74, 6) is 1.99. The monoisotopic (exact) mass is 311 g/mol. The van der Waals surface area contributed by atoms with Crippen LogP contribution >= 0.6 is 15.9 Å². The zero-order valence-electron chi connectivity index (χ0n) is 10.2. The number of hydrogen-bond donors (Lipinski definition) is 1. The Balaban J connectivity index is 2.36. The molecule has 0 aliphatic rings. The molecule has 5 nitrogen and oxygen atoms in total. The van der Waals surface area contributed by atoms with Gasteiger partial charge in [0.25, 0.3) is 0 Å². The van der Waals surface area contributed by atoms with Gasteiger partial charge in [-0.1, -0.05) is 15.9 Å². The number of rotatable bonds is 4. The predicted molar refractivity (Wildman–Crippen MR) is 73.0 cm³/mol. The lowest BCUT2D eigenvalue weighted by molar-refractivity contribution is 0.354. The molecule has 2 N–H and O–H groups in total. The summed E-state index contributed by atoms with van der Waals surface area (Å²) >= 11 is 3.50. The average Bonchev–Trinajstić information content (AvgIpc) is 2.77. The van der Waals surface area contributed by atoms with Crippen molar-refractivity contribution in [3.05, 3.63) is 34.4 Å². The molecule has 0 radical (unpaired) electrons. The molecule has 0 fully saturated rings. The molecule has 0 atom stereocenters. The fraction of sp³-hybridized carbons (Fsp3) is 0.250. The van der Waals surface area contributed by atoms with E-state index in [0.29, 0.717) is 23.9 Å². The van der Waals surface area contributed by atoms with Crippen LogP contribution in [-0.4, -0.2) is 24.0 Å². The van der Waals surface area contributed by atoms with Crippen molar-refractivity contribution in [1.29, 1.82) is 0 Å². The maximum atomic E-state index is 5.79. The van der Waals surface area contributed by atoms with Gasteiger partial charge in [0.1, 0.15) is 5.82 Å². The zero-order chi connectivity index (χ0) is 13.1. The van der Waals surface area contributed by atoms with Crippen LogP contribution < -0.4 is 15.2 Å². The fourth-order valence-electron chi connectivity index (χ4n) is 1.65. The lowest BCUT2D eigenvalue weighted by Crippen LogP contribution is -2.06. The van der Waals surface area contributed by atoms with Crippen molar-refractivity contribution in [2.45, 2.75) is 6.54 Å². The lowest BCUT2D eigenvalue weighted by atomic mass is 10.2. The quantitative estimate of drug-likeness (QED) is 0.941. The minimum Gasteiger partial charge on any atom is -0.493 e. The Morgan fingerprint density at radius 2 is 1.94 bits per heavy atom. The van der Waals surface area contributed by atoms with Crippen LogP contribution in [0.1, 0.15) is 5.56 Å². The molecule has 2 rings (SSSR count). The van der Waals surface area contributed by atoms with Crippen LogP contribution in [0.25, 0.3) is 0 Å². The number of nitrogens with zero attached hydrogens (tertiary/aromatic N) is 2. The summed E-state index contributed by atoms with van der Waals surface area (Å²) in [7, 11) is 3.22. The van der Waals surface area contributed by atoms with Gasteiger partial charge < -0.3 is 15.2 Å². The number of aromatic nitrogens is 2. The molecule has 1 heterocycles. The van der Waals surface area contributed by atoms with Crippen molar-refractivity contribution in [2.75, 3.05) is 20.0 Å². The number of halogens is 1. The Kier molecular flexibility index (Phi) is 3.76. The van der Waals surface area contributed by atoms with E-state index in [4.69, 9.17) is 15.2 Å². The van der Waals surface area contributed by atoms with Crippen molar-refractivity contribution in [1.82, 2.24) is 9.78 Å². The number of nitrogen functional groups attached to an aromatic ring is 1. The normalized spacial score (nSPS) is 10.4. The number of ether oxygens (including phenoxy) is 2. The SMILES string of the molecule is COc1cc(Br)c(Cn2nccc2N)cc1OC. The van der Waals surface area contributed by atoms with E-state index >= 15 is 0 Å². The van der Waals surface area contributed by atoms with Gasteiger partial charge in [0, 0.05) is 4.47 Å². The summed E-state index contributed by atoms with van der Waals surface area (Å²) < 4.78 is 13.1. The molecule has 0 amide bonds. The van der Waals surface area contributed by atoms with Crippen LogP contribution in [0.15, 0.2) is 28.9 Å². The van der Waals surface area contributed by atoms with E-state index in [2.05, 4.69) is 21.0 Å². The summed E-state index contributed by atoms with van der Waals surface area (Å²) in [5, 5.41) is 4.15. The molecule has 96 valence electrons. The molecular formula is C12H14BrN3O2. The first-order valence-corrected chi connectivity index (χ1v) is 6.12. The van der Waals surface area contributed by atoms with Gasteiger partial charge in [-0.05, 0) is 23.8 Å². The van der Waals surface area contributed by atoms with E-state index in [9.17, 15) is 0 Å². The smallest absolute Gasteiger partial charge is 0.161 e. The number of hydrogen-bond acceptors (Lipinski definition) is 4. The molecular weight excluding hydrogens is 298 g/mol. The van der Waals surface area contributed by atoms with Gasteiger partial charge in [0.15, 0.2) is 11.5 Å². The van der Waals surface area contributed by atoms with E-state index in [0.717, 1.165) is 10.0 Å². The van der Waals surface area contributed by atoms with Gasteiger partial charge in [-0.2, -0.15) is 5.10 Å². The Labute approximate surface area is 114 Å². The first-order chi connectivity index (χ1) is 8.65. The van der Waals surface area contributed by atoms with Gasteiger partial charge in [0.2, 0.25) is 0 Å². The molecule has 0 aliphatic heterocycles. The molecule has 6 heteroatoms. The minimum absolute atomic E-state index is 0.569. The van der Waals surface area contributed by atoms with Crippen LogP contribution in [0.5, 0.6) is 11.5 Å². The highest BCUT2D eigenvalue weighted by molar-refractivity contribution is 9.10. The van der Waals surface area contributed by atoms with Gasteiger partial charge in [-0.15, -0.1) is 0 Å². The fourth-order valence-corrected chi connectivity index (χ4v) is 2.10. The first-order valence-electron chi connectivity index (χ1n) is 5.33. The highest BCUT2D eigenvalue weighted by Gasteiger charge is 2.11. The van der Waals surface area contributed by atoms with Crippen LogP contribution in [0.3, 0.4) is 0 Å². The van der Waals surface area contributed by atoms with Crippen molar-refractivity contribution >= 4 is 21.7 Å². The zero-order valence-corrected chi connectivity index (χ0v) is 11.8. The maximum Gasteiger partial charge on any atom is 0.161 e. The molecule has 18 heavy (non-hydrogen) atoms. The molecule has 0 spiro atoms. The number of anilines is 1. The molecule has 0 saturated carbocycles. The third kappa shape index (κ3) is 2.43. The maximum absolute atomic E-state index is 5.79. The summed E-state index contributed by atoms with van der Waals surface area (Å²) in [6, 6.07) is 5.53. The topological polar surface area (TPSA) is 62.3 Å². The van der Waals surface area contributed by atoms with E-state index in [1.807, 2.05) is 12.1 Å². The molecule has 0 bridgehead atoms.